The Balaban J connectivity index is 1.52. The summed E-state index contributed by atoms with van der Waals surface area (Å²) in [4.78, 5) is 22.7. The maximum absolute atomic E-state index is 12.2. The number of nitrogens with one attached hydrogen (secondary N) is 1. The van der Waals surface area contributed by atoms with Crippen molar-refractivity contribution in [2.75, 3.05) is 23.4 Å². The highest BCUT2D eigenvalue weighted by Gasteiger charge is 2.21. The molecule has 0 radical (unpaired) electrons. The third-order valence-electron chi connectivity index (χ3n) is 5.15. The maximum atomic E-state index is 12.2. The molecule has 7 heteroatoms. The van der Waals surface area contributed by atoms with Crippen LogP contribution in [0, 0.1) is 6.92 Å². The van der Waals surface area contributed by atoms with Gasteiger partial charge in [-0.1, -0.05) is 12.1 Å². The van der Waals surface area contributed by atoms with Crippen LogP contribution in [-0.4, -0.2) is 29.0 Å². The largest absolute Gasteiger partial charge is 0.423 e. The van der Waals surface area contributed by atoms with E-state index in [1.807, 2.05) is 38.1 Å². The number of aromatic nitrogens is 2. The number of hydrogen-bond donors (Lipinski definition) is 1. The van der Waals surface area contributed by atoms with Gasteiger partial charge in [-0.15, -0.1) is 0 Å². The molecule has 0 bridgehead atoms. The van der Waals surface area contributed by atoms with Crippen molar-refractivity contribution < 1.29 is 13.9 Å². The first-order chi connectivity index (χ1) is 14.6. The van der Waals surface area contributed by atoms with Crippen LogP contribution in [0.25, 0.3) is 11.3 Å². The molecule has 0 atom stereocenters. The summed E-state index contributed by atoms with van der Waals surface area (Å²) in [5.41, 5.74) is 3.93. The lowest BCUT2D eigenvalue weighted by atomic mass is 10.1. The standard InChI is InChI=1S/C23H26N4O3/c1-3-29-15-17-8-7-16(2)19(12-17)26-23-25-14-20(30-23)18-9-10-24-21(13-18)27-11-5-4-6-22(27)28/h7-10,12-14H,3-6,11,15H2,1-2H3,(H,25,26). The fourth-order valence-corrected chi connectivity index (χ4v) is 3.46. The molecule has 0 aliphatic carbocycles. The van der Waals surface area contributed by atoms with Gasteiger partial charge in [-0.05, 0) is 56.0 Å². The highest BCUT2D eigenvalue weighted by Crippen LogP contribution is 2.29. The minimum Gasteiger partial charge on any atom is -0.423 e. The molecule has 1 saturated heterocycles. The van der Waals surface area contributed by atoms with Crippen molar-refractivity contribution in [3.8, 4) is 11.3 Å². The number of carbonyl (C=O) groups excluding carboxylic acids is 1. The molecule has 1 fully saturated rings. The summed E-state index contributed by atoms with van der Waals surface area (Å²) in [6.45, 7) is 5.96. The third-order valence-corrected chi connectivity index (χ3v) is 5.15. The van der Waals surface area contributed by atoms with Crippen LogP contribution >= 0.6 is 0 Å². The van der Waals surface area contributed by atoms with E-state index in [1.165, 1.54) is 0 Å². The summed E-state index contributed by atoms with van der Waals surface area (Å²) in [5, 5.41) is 3.25. The van der Waals surface area contributed by atoms with Crippen molar-refractivity contribution in [3.63, 3.8) is 0 Å². The number of pyridine rings is 1. The second-order valence-electron chi connectivity index (χ2n) is 7.35. The van der Waals surface area contributed by atoms with Gasteiger partial charge in [-0.25, -0.2) is 9.97 Å². The van der Waals surface area contributed by atoms with Crippen LogP contribution in [0.4, 0.5) is 17.5 Å². The van der Waals surface area contributed by atoms with E-state index in [0.717, 1.165) is 35.2 Å². The van der Waals surface area contributed by atoms with E-state index in [4.69, 9.17) is 9.15 Å². The Labute approximate surface area is 176 Å². The number of nitrogens with zero attached hydrogens (tertiary/aromatic N) is 3. The number of hydrogen-bond acceptors (Lipinski definition) is 6. The van der Waals surface area contributed by atoms with Gasteiger partial charge in [0.1, 0.15) is 5.82 Å². The lowest BCUT2D eigenvalue weighted by molar-refractivity contribution is -0.119. The average Bonchev–Trinajstić information content (AvgIpc) is 3.23. The average molecular weight is 406 g/mol. The molecular formula is C23H26N4O3. The molecule has 1 N–H and O–H groups in total. The smallest absolute Gasteiger partial charge is 0.299 e. The van der Waals surface area contributed by atoms with Crippen LogP contribution in [0.2, 0.25) is 0 Å². The Morgan fingerprint density at radius 2 is 2.10 bits per heavy atom. The van der Waals surface area contributed by atoms with Crippen LogP contribution in [0.5, 0.6) is 0 Å². The Morgan fingerprint density at radius 3 is 2.93 bits per heavy atom. The van der Waals surface area contributed by atoms with Gasteiger partial charge >= 0.3 is 0 Å². The van der Waals surface area contributed by atoms with E-state index in [1.54, 1.807) is 17.3 Å². The van der Waals surface area contributed by atoms with E-state index in [-0.39, 0.29) is 5.91 Å². The number of aryl methyl sites for hydroxylation is 1. The Morgan fingerprint density at radius 1 is 1.20 bits per heavy atom. The third kappa shape index (κ3) is 4.52. The van der Waals surface area contributed by atoms with Crippen LogP contribution in [-0.2, 0) is 16.1 Å². The SMILES string of the molecule is CCOCc1ccc(C)c(Nc2ncc(-c3ccnc(N4CCCCC4=O)c3)o2)c1. The maximum Gasteiger partial charge on any atom is 0.299 e. The summed E-state index contributed by atoms with van der Waals surface area (Å²) < 4.78 is 11.4. The number of ether oxygens (including phenoxy) is 1. The molecular weight excluding hydrogens is 380 g/mol. The van der Waals surface area contributed by atoms with Gasteiger partial charge in [0.2, 0.25) is 5.91 Å². The molecule has 7 nitrogen and oxygen atoms in total. The van der Waals surface area contributed by atoms with Crippen molar-refractivity contribution in [1.29, 1.82) is 0 Å². The van der Waals surface area contributed by atoms with Gasteiger partial charge in [0, 0.05) is 37.0 Å². The molecule has 3 heterocycles. The van der Waals surface area contributed by atoms with Crippen LogP contribution in [0.3, 0.4) is 0 Å². The zero-order valence-electron chi connectivity index (χ0n) is 17.4. The molecule has 156 valence electrons. The number of oxazole rings is 1. The molecule has 3 aromatic rings. The minimum absolute atomic E-state index is 0.119. The molecule has 1 aliphatic heterocycles. The lowest BCUT2D eigenvalue weighted by Crippen LogP contribution is -2.35. The van der Waals surface area contributed by atoms with E-state index in [2.05, 4.69) is 21.4 Å². The molecule has 0 spiro atoms. The summed E-state index contributed by atoms with van der Waals surface area (Å²) in [6.07, 6.45) is 5.89. The van der Waals surface area contributed by atoms with Crippen molar-refractivity contribution in [1.82, 2.24) is 9.97 Å². The summed E-state index contributed by atoms with van der Waals surface area (Å²) in [7, 11) is 0. The molecule has 1 aromatic carbocycles. The van der Waals surface area contributed by atoms with Crippen LogP contribution < -0.4 is 10.2 Å². The van der Waals surface area contributed by atoms with Crippen molar-refractivity contribution in [2.45, 2.75) is 39.7 Å². The quantitative estimate of drug-likeness (QED) is 0.605. The van der Waals surface area contributed by atoms with Gasteiger partial charge in [-0.2, -0.15) is 0 Å². The number of amides is 1. The molecule has 2 aromatic heterocycles. The Kier molecular flexibility index (Phi) is 6.09. The van der Waals surface area contributed by atoms with Gasteiger partial charge in [-0.3, -0.25) is 9.69 Å². The normalized spacial score (nSPS) is 14.2. The summed E-state index contributed by atoms with van der Waals surface area (Å²) in [5.74, 6) is 1.39. The molecule has 0 saturated carbocycles. The van der Waals surface area contributed by atoms with Gasteiger partial charge in [0.05, 0.1) is 12.8 Å². The first-order valence-corrected chi connectivity index (χ1v) is 10.3. The van der Waals surface area contributed by atoms with Gasteiger partial charge in [0.25, 0.3) is 6.01 Å². The topological polar surface area (TPSA) is 80.5 Å². The van der Waals surface area contributed by atoms with Crippen LogP contribution in [0.15, 0.2) is 47.1 Å². The second-order valence-corrected chi connectivity index (χ2v) is 7.35. The highest BCUT2D eigenvalue weighted by molar-refractivity contribution is 5.93. The molecule has 1 aliphatic rings. The number of piperidine rings is 1. The zero-order chi connectivity index (χ0) is 20.9. The van der Waals surface area contributed by atoms with E-state index in [0.29, 0.717) is 43.8 Å². The summed E-state index contributed by atoms with van der Waals surface area (Å²) in [6, 6.07) is 10.3. The Hall–Kier alpha value is -3.19. The molecule has 0 unspecified atom stereocenters. The van der Waals surface area contributed by atoms with Gasteiger partial charge in [0.15, 0.2) is 5.76 Å². The van der Waals surface area contributed by atoms with Gasteiger partial charge < -0.3 is 14.5 Å². The molecule has 30 heavy (non-hydrogen) atoms. The lowest BCUT2D eigenvalue weighted by Gasteiger charge is -2.25. The van der Waals surface area contributed by atoms with Crippen molar-refractivity contribution >= 4 is 23.4 Å². The minimum atomic E-state index is 0.119. The monoisotopic (exact) mass is 406 g/mol. The summed E-state index contributed by atoms with van der Waals surface area (Å²) >= 11 is 0. The highest BCUT2D eigenvalue weighted by atomic mass is 16.5. The number of benzene rings is 1. The predicted molar refractivity (Wildman–Crippen MR) is 116 cm³/mol. The number of carbonyl (C=O) groups is 1. The van der Waals surface area contributed by atoms with E-state index in [9.17, 15) is 4.79 Å². The zero-order valence-corrected chi connectivity index (χ0v) is 17.4. The van der Waals surface area contributed by atoms with Crippen molar-refractivity contribution in [2.24, 2.45) is 0 Å². The fraction of sp³-hybridized carbons (Fsp3) is 0.348. The molecule has 1 amide bonds. The number of rotatable bonds is 7. The van der Waals surface area contributed by atoms with E-state index >= 15 is 0 Å². The van der Waals surface area contributed by atoms with Crippen molar-refractivity contribution in [3.05, 3.63) is 53.9 Å². The van der Waals surface area contributed by atoms with E-state index < -0.39 is 0 Å². The first kappa shape index (κ1) is 20.1. The van der Waals surface area contributed by atoms with Crippen LogP contribution in [0.1, 0.15) is 37.3 Å². The Bertz CT molecular complexity index is 1030. The molecule has 4 rings (SSSR count). The predicted octanol–water partition coefficient (Wildman–Crippen LogP) is 4.84. The second kappa shape index (κ2) is 9.09. The fourth-order valence-electron chi connectivity index (χ4n) is 3.46. The first-order valence-electron chi connectivity index (χ1n) is 10.3. The number of anilines is 3.